The largest absolute Gasteiger partial charge is 0.492 e. The molecule has 0 radical (unpaired) electrons. The maximum Gasteiger partial charge on any atom is 0.335 e. The van der Waals surface area contributed by atoms with Crippen LogP contribution in [0, 0.1) is 0 Å². The van der Waals surface area contributed by atoms with Gasteiger partial charge in [-0.3, -0.25) is 14.3 Å². The third-order valence-corrected chi connectivity index (χ3v) is 8.26. The van der Waals surface area contributed by atoms with Gasteiger partial charge in [-0.25, -0.2) is 0 Å². The van der Waals surface area contributed by atoms with E-state index in [0.29, 0.717) is 42.3 Å². The number of aliphatic hydroxyl groups excluding tert-OH is 1. The first-order valence-corrected chi connectivity index (χ1v) is 14.2. The molecule has 3 aromatic rings. The van der Waals surface area contributed by atoms with E-state index in [-0.39, 0.29) is 17.7 Å². The summed E-state index contributed by atoms with van der Waals surface area (Å²) in [6.07, 6.45) is 1.57. The predicted molar refractivity (Wildman–Crippen MR) is 140 cm³/mol. The van der Waals surface area contributed by atoms with Gasteiger partial charge in [-0.1, -0.05) is 24.3 Å². The van der Waals surface area contributed by atoms with E-state index in [4.69, 9.17) is 18.2 Å². The van der Waals surface area contributed by atoms with E-state index in [2.05, 4.69) is 4.90 Å². The van der Waals surface area contributed by atoms with Crippen molar-refractivity contribution in [3.05, 3.63) is 64.3 Å². The Bertz CT molecular complexity index is 1240. The summed E-state index contributed by atoms with van der Waals surface area (Å²) < 4.78 is 35.6. The second kappa shape index (κ2) is 12.2. The zero-order valence-electron chi connectivity index (χ0n) is 20.9. The molecule has 0 bridgehead atoms. The summed E-state index contributed by atoms with van der Waals surface area (Å²) >= 11 is 0. The minimum atomic E-state index is -3.20. The molecule has 8 nitrogen and oxygen atoms in total. The molecule has 0 aliphatic carbocycles. The molecule has 0 unspecified atom stereocenters. The van der Waals surface area contributed by atoms with Crippen LogP contribution < -0.4 is 10.2 Å². The Morgan fingerprint density at radius 1 is 1.03 bits per heavy atom. The van der Waals surface area contributed by atoms with Crippen LogP contribution in [0.1, 0.15) is 32.3 Å². The van der Waals surface area contributed by atoms with E-state index in [1.54, 1.807) is 32.0 Å². The van der Waals surface area contributed by atoms with Crippen LogP contribution >= 0.6 is 7.60 Å². The van der Waals surface area contributed by atoms with Crippen molar-refractivity contribution < 1.29 is 27.9 Å². The fraction of sp³-hybridized carbons (Fsp3) is 0.444. The van der Waals surface area contributed by atoms with Gasteiger partial charge in [0.2, 0.25) is 0 Å². The molecule has 2 aromatic carbocycles. The van der Waals surface area contributed by atoms with Crippen LogP contribution in [0.15, 0.2) is 57.7 Å². The maximum atomic E-state index is 12.8. The molecule has 1 saturated heterocycles. The zero-order chi connectivity index (χ0) is 25.5. The van der Waals surface area contributed by atoms with Crippen LogP contribution in [0.2, 0.25) is 0 Å². The number of fused-ring (bicyclic) bond motifs is 1. The van der Waals surface area contributed by atoms with Gasteiger partial charge >= 0.3 is 7.60 Å². The van der Waals surface area contributed by atoms with Gasteiger partial charge < -0.3 is 23.3 Å². The van der Waals surface area contributed by atoms with Crippen LogP contribution in [0.5, 0.6) is 5.75 Å². The lowest BCUT2D eigenvalue weighted by Crippen LogP contribution is -2.38. The number of ether oxygens (including phenoxy) is 1. The normalized spacial score (nSPS) is 15.4. The van der Waals surface area contributed by atoms with Gasteiger partial charge in [0.1, 0.15) is 23.7 Å². The lowest BCUT2D eigenvalue weighted by Gasteiger charge is -2.29. The van der Waals surface area contributed by atoms with Gasteiger partial charge in [0.25, 0.3) is 0 Å². The lowest BCUT2D eigenvalue weighted by molar-refractivity contribution is 0.0755. The molecule has 1 aliphatic rings. The van der Waals surface area contributed by atoms with Crippen molar-refractivity contribution in [1.82, 2.24) is 4.90 Å². The van der Waals surface area contributed by atoms with E-state index in [0.717, 1.165) is 43.6 Å². The molecule has 0 amide bonds. The molecule has 0 saturated carbocycles. The highest BCUT2D eigenvalue weighted by Crippen LogP contribution is 2.51. The number of nitrogens with zero attached hydrogens (tertiary/aromatic N) is 1. The molecule has 1 N–H and O–H groups in total. The van der Waals surface area contributed by atoms with Crippen LogP contribution in [0.4, 0.5) is 0 Å². The minimum absolute atomic E-state index is 0.133. The Morgan fingerprint density at radius 3 is 2.39 bits per heavy atom. The van der Waals surface area contributed by atoms with Gasteiger partial charge in [-0.15, -0.1) is 0 Å². The van der Waals surface area contributed by atoms with Crippen LogP contribution in [0.25, 0.3) is 22.3 Å². The Kier molecular flexibility index (Phi) is 8.99. The average molecular weight is 516 g/mol. The second-order valence-electron chi connectivity index (χ2n) is 8.86. The highest BCUT2D eigenvalue weighted by atomic mass is 31.2. The Hall–Kier alpha value is -2.48. The van der Waals surface area contributed by atoms with Crippen molar-refractivity contribution in [3.8, 4) is 17.1 Å². The predicted octanol–water partition coefficient (Wildman–Crippen LogP) is 5.06. The average Bonchev–Trinajstić information content (AvgIpc) is 2.86. The first-order valence-electron chi connectivity index (χ1n) is 12.5. The first kappa shape index (κ1) is 26.6. The molecule has 4 rings (SSSR count). The molecule has 9 heteroatoms. The molecule has 0 atom stereocenters. The van der Waals surface area contributed by atoms with Crippen molar-refractivity contribution in [1.29, 1.82) is 0 Å². The quantitative estimate of drug-likeness (QED) is 0.354. The molecule has 194 valence electrons. The van der Waals surface area contributed by atoms with E-state index in [9.17, 15) is 14.5 Å². The van der Waals surface area contributed by atoms with Crippen molar-refractivity contribution in [2.24, 2.45) is 0 Å². The van der Waals surface area contributed by atoms with E-state index in [1.165, 1.54) is 6.07 Å². The number of piperidine rings is 1. The Balaban J connectivity index is 1.46. The van der Waals surface area contributed by atoms with Crippen molar-refractivity contribution >= 4 is 18.6 Å². The molecular formula is C27H34NO7P. The molecule has 1 aromatic heterocycles. The van der Waals surface area contributed by atoms with Gasteiger partial charge in [-0.2, -0.15) is 0 Å². The number of likely N-dealkylation sites (tertiary alicyclic amines) is 1. The van der Waals surface area contributed by atoms with Gasteiger partial charge in [0, 0.05) is 37.3 Å². The van der Waals surface area contributed by atoms with Gasteiger partial charge in [0.15, 0.2) is 5.43 Å². The van der Waals surface area contributed by atoms with Crippen LogP contribution in [-0.2, 0) is 19.8 Å². The van der Waals surface area contributed by atoms with Crippen LogP contribution in [0.3, 0.4) is 0 Å². The van der Waals surface area contributed by atoms with Crippen LogP contribution in [-0.4, -0.2) is 55.6 Å². The van der Waals surface area contributed by atoms with E-state index < -0.39 is 7.60 Å². The highest BCUT2D eigenvalue weighted by Gasteiger charge is 2.24. The number of rotatable bonds is 11. The maximum absolute atomic E-state index is 12.8. The minimum Gasteiger partial charge on any atom is -0.492 e. The second-order valence-corrected chi connectivity index (χ2v) is 10.9. The smallest absolute Gasteiger partial charge is 0.335 e. The lowest BCUT2D eigenvalue weighted by atomic mass is 10.1. The number of hydrogen-bond donors (Lipinski definition) is 1. The molecule has 36 heavy (non-hydrogen) atoms. The molecule has 1 aliphatic heterocycles. The van der Waals surface area contributed by atoms with E-state index >= 15 is 0 Å². The molecule has 0 spiro atoms. The van der Waals surface area contributed by atoms with Gasteiger partial charge in [0.05, 0.1) is 30.9 Å². The third-order valence-electron chi connectivity index (χ3n) is 6.20. The topological polar surface area (TPSA) is 98.4 Å². The molecule has 2 heterocycles. The summed E-state index contributed by atoms with van der Waals surface area (Å²) in [4.78, 5) is 15.0. The summed E-state index contributed by atoms with van der Waals surface area (Å²) in [6.45, 7) is 7.22. The summed E-state index contributed by atoms with van der Waals surface area (Å²) in [6, 6.07) is 14.1. The van der Waals surface area contributed by atoms with Crippen molar-refractivity contribution in [2.45, 2.75) is 39.0 Å². The Labute approximate surface area is 211 Å². The number of benzene rings is 2. The summed E-state index contributed by atoms with van der Waals surface area (Å²) in [5, 5.41) is 10.1. The molecular weight excluding hydrogens is 481 g/mol. The standard InChI is InChI=1S/C27H34NO7P/c1-3-33-36(31,34-4-2)19-20-5-7-21(8-6-20)26-18-25(30)24-10-9-23(17-27(24)35-26)32-16-15-28-13-11-22(29)12-14-28/h5-10,17-18,22,29H,3-4,11-16,19H2,1-2H3. The van der Waals surface area contributed by atoms with Crippen molar-refractivity contribution in [2.75, 3.05) is 39.5 Å². The first-order chi connectivity index (χ1) is 17.4. The Morgan fingerprint density at radius 2 is 1.72 bits per heavy atom. The summed E-state index contributed by atoms with van der Waals surface area (Å²) in [5.74, 6) is 1.08. The zero-order valence-corrected chi connectivity index (χ0v) is 21.7. The highest BCUT2D eigenvalue weighted by molar-refractivity contribution is 7.53. The SMILES string of the molecule is CCOP(=O)(Cc1ccc(-c2cc(=O)c3ccc(OCCN4CCC(O)CC4)cc3o2)cc1)OCC. The van der Waals surface area contributed by atoms with Gasteiger partial charge in [-0.05, 0) is 44.4 Å². The third kappa shape index (κ3) is 6.84. The molecule has 1 fully saturated rings. The fourth-order valence-electron chi connectivity index (χ4n) is 4.32. The summed E-state index contributed by atoms with van der Waals surface area (Å²) in [7, 11) is -3.20. The number of hydrogen-bond acceptors (Lipinski definition) is 8. The fourth-order valence-corrected chi connectivity index (χ4v) is 6.02. The monoisotopic (exact) mass is 515 g/mol. The number of aliphatic hydroxyl groups is 1. The summed E-state index contributed by atoms with van der Waals surface area (Å²) in [5.41, 5.74) is 1.87. The van der Waals surface area contributed by atoms with E-state index in [1.807, 2.05) is 24.3 Å². The van der Waals surface area contributed by atoms with Crippen molar-refractivity contribution in [3.63, 3.8) is 0 Å².